The Morgan fingerprint density at radius 3 is 2.33 bits per heavy atom. The van der Waals surface area contributed by atoms with Gasteiger partial charge in [-0.05, 0) is 38.5 Å². The van der Waals surface area contributed by atoms with E-state index in [-0.39, 0.29) is 39.1 Å². The van der Waals surface area contributed by atoms with Crippen molar-refractivity contribution < 1.29 is 31.5 Å². The zero-order valence-corrected chi connectivity index (χ0v) is 17.8. The standard InChI is InChI=1S/C18H17F2N3O5S2/c1-4-28-18(25)15-9(3)11(8-21)17(29-15)22-16(24)14-12(19)6-10(7-13(14)20)23-30(26,27)5-2/h6-7,23H,4-5H2,1-3H3,(H,22,24). The van der Waals surface area contributed by atoms with Crippen molar-refractivity contribution in [1.82, 2.24) is 0 Å². The predicted octanol–water partition coefficient (Wildman–Crippen LogP) is 3.40. The number of esters is 1. The number of nitriles is 1. The number of thiophene rings is 1. The molecular weight excluding hydrogens is 440 g/mol. The lowest BCUT2D eigenvalue weighted by molar-refractivity contribution is 0.0531. The molecule has 0 spiro atoms. The molecule has 0 radical (unpaired) electrons. The van der Waals surface area contributed by atoms with E-state index in [1.54, 1.807) is 6.92 Å². The van der Waals surface area contributed by atoms with E-state index in [1.165, 1.54) is 13.8 Å². The van der Waals surface area contributed by atoms with Crippen LogP contribution in [0.2, 0.25) is 0 Å². The second kappa shape index (κ2) is 9.19. The Balaban J connectivity index is 2.38. The highest BCUT2D eigenvalue weighted by Gasteiger charge is 2.25. The minimum absolute atomic E-state index is 0.0375. The summed E-state index contributed by atoms with van der Waals surface area (Å²) in [5, 5.41) is 11.5. The van der Waals surface area contributed by atoms with Gasteiger partial charge in [-0.25, -0.2) is 22.0 Å². The maximum atomic E-state index is 14.4. The average molecular weight is 457 g/mol. The molecule has 0 unspecified atom stereocenters. The van der Waals surface area contributed by atoms with Crippen molar-refractivity contribution in [2.45, 2.75) is 20.8 Å². The summed E-state index contributed by atoms with van der Waals surface area (Å²) in [6, 6.07) is 3.17. The number of sulfonamides is 1. The number of nitrogens with zero attached hydrogens (tertiary/aromatic N) is 1. The molecule has 0 aliphatic heterocycles. The number of carbonyl (C=O) groups excluding carboxylic acids is 2. The molecule has 0 saturated carbocycles. The van der Waals surface area contributed by atoms with Crippen molar-refractivity contribution in [3.05, 3.63) is 45.3 Å². The third-order valence-electron chi connectivity index (χ3n) is 3.87. The maximum Gasteiger partial charge on any atom is 0.348 e. The van der Waals surface area contributed by atoms with Crippen LogP contribution < -0.4 is 10.0 Å². The Kier molecular flexibility index (Phi) is 7.12. The molecule has 0 bridgehead atoms. The van der Waals surface area contributed by atoms with E-state index < -0.39 is 39.1 Å². The number of rotatable bonds is 7. The van der Waals surface area contributed by atoms with Gasteiger partial charge in [0.25, 0.3) is 5.91 Å². The molecule has 2 rings (SSSR count). The van der Waals surface area contributed by atoms with Crippen LogP contribution in [0.15, 0.2) is 12.1 Å². The third-order valence-corrected chi connectivity index (χ3v) is 6.36. The number of anilines is 2. The smallest absolute Gasteiger partial charge is 0.348 e. The fraction of sp³-hybridized carbons (Fsp3) is 0.278. The largest absolute Gasteiger partial charge is 0.462 e. The molecule has 2 aromatic rings. The van der Waals surface area contributed by atoms with Gasteiger partial charge < -0.3 is 10.1 Å². The van der Waals surface area contributed by atoms with E-state index in [4.69, 9.17) is 4.74 Å². The Morgan fingerprint density at radius 2 is 1.83 bits per heavy atom. The van der Waals surface area contributed by atoms with Crippen LogP contribution in [0, 0.1) is 29.9 Å². The van der Waals surface area contributed by atoms with Gasteiger partial charge in [-0.3, -0.25) is 9.52 Å². The first-order valence-corrected chi connectivity index (χ1v) is 11.0. The topological polar surface area (TPSA) is 125 Å². The van der Waals surface area contributed by atoms with Crippen LogP contribution in [0.25, 0.3) is 0 Å². The number of hydrogen-bond donors (Lipinski definition) is 2. The van der Waals surface area contributed by atoms with Crippen LogP contribution in [0.1, 0.15) is 45.0 Å². The number of nitrogens with one attached hydrogen (secondary N) is 2. The van der Waals surface area contributed by atoms with E-state index in [2.05, 4.69) is 5.32 Å². The van der Waals surface area contributed by atoms with E-state index in [0.29, 0.717) is 12.1 Å². The van der Waals surface area contributed by atoms with Gasteiger partial charge in [0.15, 0.2) is 0 Å². The van der Waals surface area contributed by atoms with E-state index in [0.717, 1.165) is 11.3 Å². The Bertz CT molecular complexity index is 1130. The fourth-order valence-corrected chi connectivity index (χ4v) is 4.06. The zero-order chi connectivity index (χ0) is 22.6. The second-order valence-electron chi connectivity index (χ2n) is 5.87. The Hall–Kier alpha value is -3.04. The van der Waals surface area contributed by atoms with Crippen LogP contribution in [0.5, 0.6) is 0 Å². The van der Waals surface area contributed by atoms with Crippen LogP contribution >= 0.6 is 11.3 Å². The average Bonchev–Trinajstić information content (AvgIpc) is 2.96. The molecular formula is C18H17F2N3O5S2. The number of carbonyl (C=O) groups is 2. The van der Waals surface area contributed by atoms with Crippen molar-refractivity contribution in [3.8, 4) is 6.07 Å². The van der Waals surface area contributed by atoms with Gasteiger partial charge >= 0.3 is 5.97 Å². The number of hydrogen-bond acceptors (Lipinski definition) is 7. The van der Waals surface area contributed by atoms with Gasteiger partial charge in [0.05, 0.1) is 23.6 Å². The lowest BCUT2D eigenvalue weighted by Crippen LogP contribution is -2.18. The summed E-state index contributed by atoms with van der Waals surface area (Å²) in [6.07, 6.45) is 0. The molecule has 1 amide bonds. The molecule has 30 heavy (non-hydrogen) atoms. The first-order valence-electron chi connectivity index (χ1n) is 8.56. The van der Waals surface area contributed by atoms with Gasteiger partial charge in [-0.2, -0.15) is 5.26 Å². The minimum Gasteiger partial charge on any atom is -0.462 e. The summed E-state index contributed by atoms with van der Waals surface area (Å²) < 4.78 is 58.7. The summed E-state index contributed by atoms with van der Waals surface area (Å²) in [4.78, 5) is 24.5. The SMILES string of the molecule is CCOC(=O)c1sc(NC(=O)c2c(F)cc(NS(=O)(=O)CC)cc2F)c(C#N)c1C. The summed E-state index contributed by atoms with van der Waals surface area (Å²) in [6.45, 7) is 4.53. The van der Waals surface area contributed by atoms with Gasteiger partial charge in [-0.15, -0.1) is 11.3 Å². The number of benzene rings is 1. The number of halogens is 2. The van der Waals surface area contributed by atoms with E-state index in [9.17, 15) is 32.0 Å². The van der Waals surface area contributed by atoms with Crippen LogP contribution in [-0.4, -0.2) is 32.7 Å². The first kappa shape index (κ1) is 23.2. The quantitative estimate of drug-likeness (QED) is 0.614. The molecule has 160 valence electrons. The summed E-state index contributed by atoms with van der Waals surface area (Å²) in [5.74, 6) is -4.82. The van der Waals surface area contributed by atoms with Crippen LogP contribution in [0.4, 0.5) is 19.5 Å². The van der Waals surface area contributed by atoms with Gasteiger partial charge in [0, 0.05) is 0 Å². The minimum atomic E-state index is -3.77. The summed E-state index contributed by atoms with van der Waals surface area (Å²) >= 11 is 0.742. The molecule has 0 aliphatic carbocycles. The molecule has 1 heterocycles. The van der Waals surface area contributed by atoms with Gasteiger partial charge in [0.1, 0.15) is 33.1 Å². The highest BCUT2D eigenvalue weighted by atomic mass is 32.2. The molecule has 2 N–H and O–H groups in total. The third kappa shape index (κ3) is 4.92. The fourth-order valence-electron chi connectivity index (χ4n) is 2.39. The lowest BCUT2D eigenvalue weighted by atomic mass is 10.1. The molecule has 0 saturated heterocycles. The van der Waals surface area contributed by atoms with Crippen LogP contribution in [-0.2, 0) is 14.8 Å². The molecule has 0 atom stereocenters. The Morgan fingerprint density at radius 1 is 1.23 bits per heavy atom. The number of ether oxygens (including phenoxy) is 1. The normalized spacial score (nSPS) is 10.9. The second-order valence-corrected chi connectivity index (χ2v) is 8.90. The number of amides is 1. The predicted molar refractivity (Wildman–Crippen MR) is 107 cm³/mol. The maximum absolute atomic E-state index is 14.4. The molecule has 0 aliphatic rings. The van der Waals surface area contributed by atoms with Gasteiger partial charge in [0.2, 0.25) is 10.0 Å². The van der Waals surface area contributed by atoms with Crippen molar-refractivity contribution in [2.24, 2.45) is 0 Å². The van der Waals surface area contributed by atoms with Crippen molar-refractivity contribution >= 4 is 43.9 Å². The van der Waals surface area contributed by atoms with Crippen molar-refractivity contribution in [1.29, 1.82) is 5.26 Å². The Labute approximate surface area is 175 Å². The zero-order valence-electron chi connectivity index (χ0n) is 16.1. The highest BCUT2D eigenvalue weighted by Crippen LogP contribution is 2.34. The van der Waals surface area contributed by atoms with Crippen molar-refractivity contribution in [2.75, 3.05) is 22.4 Å². The summed E-state index contributed by atoms with van der Waals surface area (Å²) in [5.41, 5.74) is -1.12. The van der Waals surface area contributed by atoms with Gasteiger partial charge in [-0.1, -0.05) is 0 Å². The molecule has 8 nitrogen and oxygen atoms in total. The molecule has 1 aromatic carbocycles. The van der Waals surface area contributed by atoms with Crippen LogP contribution in [0.3, 0.4) is 0 Å². The lowest BCUT2D eigenvalue weighted by Gasteiger charge is -2.10. The van der Waals surface area contributed by atoms with Crippen molar-refractivity contribution in [3.63, 3.8) is 0 Å². The van der Waals surface area contributed by atoms with E-state index in [1.807, 2.05) is 10.8 Å². The molecule has 1 aromatic heterocycles. The highest BCUT2D eigenvalue weighted by molar-refractivity contribution is 7.92. The first-order chi connectivity index (χ1) is 14.0. The molecule has 0 fully saturated rings. The van der Waals surface area contributed by atoms with E-state index >= 15 is 0 Å². The molecule has 12 heteroatoms. The summed E-state index contributed by atoms with van der Waals surface area (Å²) in [7, 11) is -3.77. The monoisotopic (exact) mass is 457 g/mol.